The second-order valence-corrected chi connectivity index (χ2v) is 3.03. The summed E-state index contributed by atoms with van der Waals surface area (Å²) in [6.45, 7) is 0. The maximum atomic E-state index is 10.2. The summed E-state index contributed by atoms with van der Waals surface area (Å²) in [6, 6.07) is 0. The Bertz CT molecular complexity index is 283. The molecule has 0 amide bonds. The number of rotatable bonds is 8. The van der Waals surface area contributed by atoms with E-state index >= 15 is 0 Å². The molecule has 17 heavy (non-hydrogen) atoms. The van der Waals surface area contributed by atoms with Gasteiger partial charge in [-0.15, -0.1) is 0 Å². The summed E-state index contributed by atoms with van der Waals surface area (Å²) in [5.74, 6) is 0. The first-order chi connectivity index (χ1) is 7.77. The molecule has 0 atom stereocenters. The zero-order valence-electron chi connectivity index (χ0n) is 8.33. The highest BCUT2D eigenvalue weighted by Crippen LogP contribution is 2.09. The van der Waals surface area contributed by atoms with Crippen molar-refractivity contribution >= 4 is 0 Å². The fourth-order valence-electron chi connectivity index (χ4n) is 1.06. The predicted octanol–water partition coefficient (Wildman–Crippen LogP) is -0.0843. The molecule has 0 spiro atoms. The monoisotopic (exact) mass is 252 g/mol. The molecule has 0 rings (SSSR count). The molecule has 96 valence electrons. The fraction of sp³-hybridized carbons (Fsp3) is 1.00. The van der Waals surface area contributed by atoms with Crippen molar-refractivity contribution in [1.82, 2.24) is 0 Å². The number of hydrogen-bond donors (Lipinski definition) is 0. The van der Waals surface area contributed by atoms with Gasteiger partial charge >= 0.3 is 12.3 Å². The maximum absolute atomic E-state index is 10.2. The molecule has 0 aromatic heterocycles. The van der Waals surface area contributed by atoms with Gasteiger partial charge in [0.15, 0.2) is 0 Å². The maximum Gasteiger partial charge on any atom is 0.450 e. The Hall–Kier alpha value is -2.40. The lowest BCUT2D eigenvalue weighted by Gasteiger charge is -2.02. The van der Waals surface area contributed by atoms with Crippen molar-refractivity contribution < 1.29 is 19.7 Å². The normalized spacial score (nSPS) is 10.5. The number of nitrogens with zero attached hydrogens (tertiary/aromatic N) is 4. The Kier molecular flexibility index (Phi) is 5.36. The van der Waals surface area contributed by atoms with Crippen LogP contribution in [-0.2, 0) is 0 Å². The molecule has 12 nitrogen and oxygen atoms in total. The van der Waals surface area contributed by atoms with Gasteiger partial charge in [-0.25, -0.2) is 0 Å². The van der Waals surface area contributed by atoms with Gasteiger partial charge < -0.3 is 0 Å². The van der Waals surface area contributed by atoms with Crippen LogP contribution in [0.15, 0.2) is 0 Å². The van der Waals surface area contributed by atoms with Crippen molar-refractivity contribution in [3.63, 3.8) is 0 Å². The van der Waals surface area contributed by atoms with Crippen LogP contribution in [0, 0.1) is 40.5 Å². The second-order valence-electron chi connectivity index (χ2n) is 3.03. The van der Waals surface area contributed by atoms with E-state index in [1.807, 2.05) is 0 Å². The van der Waals surface area contributed by atoms with E-state index in [9.17, 15) is 40.5 Å². The Morgan fingerprint density at radius 1 is 0.647 bits per heavy atom. The molecule has 12 heteroatoms. The highest BCUT2D eigenvalue weighted by atomic mass is 16.7. The second kappa shape index (κ2) is 6.24. The molecule has 0 bridgehead atoms. The van der Waals surface area contributed by atoms with Gasteiger partial charge in [-0.1, -0.05) is 0 Å². The SMILES string of the molecule is O=[N+]([O-])C(CCCC([N+](=O)[O-])[N+](=O)[O-])[N+](=O)[O-]. The molecule has 0 aliphatic rings. The van der Waals surface area contributed by atoms with Crippen LogP contribution in [0.1, 0.15) is 19.3 Å². The molecule has 0 aromatic carbocycles. The summed E-state index contributed by atoms with van der Waals surface area (Å²) < 4.78 is 0. The molecule has 0 aliphatic carbocycles. The van der Waals surface area contributed by atoms with Crippen LogP contribution in [0.4, 0.5) is 0 Å². The molecular formula is C5H8N4O8. The minimum absolute atomic E-state index is 0.348. The standard InChI is InChI=1S/C5H8N4O8/c10-6(11)4(7(12)13)2-1-3-5(8(14)15)9(16)17/h4-5H,1-3H2. The lowest BCUT2D eigenvalue weighted by Crippen LogP contribution is -2.31. The molecule has 0 fully saturated rings. The third-order valence-corrected chi connectivity index (χ3v) is 1.90. The van der Waals surface area contributed by atoms with Gasteiger partial charge in [0.25, 0.3) is 0 Å². The lowest BCUT2D eigenvalue weighted by molar-refractivity contribution is -0.748. The van der Waals surface area contributed by atoms with Gasteiger partial charge in [0.05, 0.1) is 32.5 Å². The van der Waals surface area contributed by atoms with Gasteiger partial charge in [-0.3, -0.25) is 40.5 Å². The molecule has 0 unspecified atom stereocenters. The van der Waals surface area contributed by atoms with Crippen molar-refractivity contribution in [2.75, 3.05) is 0 Å². The molecule has 0 N–H and O–H groups in total. The smallest absolute Gasteiger partial charge is 0.259 e. The topological polar surface area (TPSA) is 173 Å². The van der Waals surface area contributed by atoms with E-state index in [0.29, 0.717) is 0 Å². The molecular weight excluding hydrogens is 244 g/mol. The largest absolute Gasteiger partial charge is 0.450 e. The summed E-state index contributed by atoms with van der Waals surface area (Å²) in [4.78, 5) is 36.1. The van der Waals surface area contributed by atoms with Gasteiger partial charge in [-0.2, -0.15) is 0 Å². The highest BCUT2D eigenvalue weighted by molar-refractivity contribution is 4.48. The molecule has 0 radical (unpaired) electrons. The summed E-state index contributed by atoms with van der Waals surface area (Å²) in [7, 11) is 0. The van der Waals surface area contributed by atoms with Crippen LogP contribution in [0.3, 0.4) is 0 Å². The Balaban J connectivity index is 4.29. The van der Waals surface area contributed by atoms with E-state index in [-0.39, 0.29) is 6.42 Å². The molecule has 0 aromatic rings. The van der Waals surface area contributed by atoms with Gasteiger partial charge in [0.2, 0.25) is 0 Å². The zero-order valence-corrected chi connectivity index (χ0v) is 8.33. The van der Waals surface area contributed by atoms with E-state index in [1.54, 1.807) is 0 Å². The highest BCUT2D eigenvalue weighted by Gasteiger charge is 2.36. The van der Waals surface area contributed by atoms with E-state index < -0.39 is 44.9 Å². The van der Waals surface area contributed by atoms with E-state index in [0.717, 1.165) is 0 Å². The third kappa shape index (κ3) is 4.76. The Labute approximate surface area is 92.8 Å². The first-order valence-corrected chi connectivity index (χ1v) is 4.31. The van der Waals surface area contributed by atoms with Crippen LogP contribution < -0.4 is 0 Å². The van der Waals surface area contributed by atoms with Crippen LogP contribution in [0.25, 0.3) is 0 Å². The van der Waals surface area contributed by atoms with Crippen LogP contribution >= 0.6 is 0 Å². The minimum atomic E-state index is -2.09. The van der Waals surface area contributed by atoms with Gasteiger partial charge in [0, 0.05) is 0 Å². The average molecular weight is 252 g/mol. The zero-order chi connectivity index (χ0) is 13.6. The van der Waals surface area contributed by atoms with Crippen LogP contribution in [0.2, 0.25) is 0 Å². The summed E-state index contributed by atoms with van der Waals surface area (Å²) in [5, 5.41) is 40.7. The number of hydrogen-bond acceptors (Lipinski definition) is 8. The van der Waals surface area contributed by atoms with Gasteiger partial charge in [-0.05, 0) is 6.42 Å². The summed E-state index contributed by atoms with van der Waals surface area (Å²) >= 11 is 0. The van der Waals surface area contributed by atoms with E-state index in [1.165, 1.54) is 0 Å². The Morgan fingerprint density at radius 2 is 0.882 bits per heavy atom. The Morgan fingerprint density at radius 3 is 1.06 bits per heavy atom. The van der Waals surface area contributed by atoms with Crippen LogP contribution in [-0.4, -0.2) is 32.0 Å². The molecule has 0 saturated carbocycles. The van der Waals surface area contributed by atoms with Crippen molar-refractivity contribution in [2.45, 2.75) is 31.6 Å². The van der Waals surface area contributed by atoms with Gasteiger partial charge in [0.1, 0.15) is 0 Å². The third-order valence-electron chi connectivity index (χ3n) is 1.90. The summed E-state index contributed by atoms with van der Waals surface area (Å²) in [5.41, 5.74) is 0. The van der Waals surface area contributed by atoms with E-state index in [4.69, 9.17) is 0 Å². The summed E-state index contributed by atoms with van der Waals surface area (Å²) in [6.07, 6.45) is -5.70. The van der Waals surface area contributed by atoms with Crippen LogP contribution in [0.5, 0.6) is 0 Å². The number of nitro groups is 4. The fourth-order valence-corrected chi connectivity index (χ4v) is 1.06. The first-order valence-electron chi connectivity index (χ1n) is 4.31. The first kappa shape index (κ1) is 14.6. The van der Waals surface area contributed by atoms with Crippen molar-refractivity contribution in [2.24, 2.45) is 0 Å². The predicted molar refractivity (Wildman–Crippen MR) is 49.4 cm³/mol. The quantitative estimate of drug-likeness (QED) is 0.327. The average Bonchev–Trinajstić information content (AvgIpc) is 2.14. The van der Waals surface area contributed by atoms with Crippen molar-refractivity contribution in [3.8, 4) is 0 Å². The van der Waals surface area contributed by atoms with Crippen molar-refractivity contribution in [3.05, 3.63) is 40.5 Å². The molecule has 0 saturated heterocycles. The minimum Gasteiger partial charge on any atom is -0.259 e. The lowest BCUT2D eigenvalue weighted by atomic mass is 10.2. The van der Waals surface area contributed by atoms with E-state index in [2.05, 4.69) is 0 Å². The molecule has 0 aliphatic heterocycles. The molecule has 0 heterocycles. The van der Waals surface area contributed by atoms with Crippen molar-refractivity contribution in [1.29, 1.82) is 0 Å².